The van der Waals surface area contributed by atoms with Crippen LogP contribution < -0.4 is 5.32 Å². The fourth-order valence-corrected chi connectivity index (χ4v) is 3.48. The molecule has 0 spiro atoms. The van der Waals surface area contributed by atoms with Gasteiger partial charge in [-0.15, -0.1) is 0 Å². The summed E-state index contributed by atoms with van der Waals surface area (Å²) < 4.78 is 0. The fourth-order valence-electron chi connectivity index (χ4n) is 3.48. The first-order valence-electron chi connectivity index (χ1n) is 7.62. The summed E-state index contributed by atoms with van der Waals surface area (Å²) in [4.78, 5) is 14.2. The average Bonchev–Trinajstić information content (AvgIpc) is 3.17. The highest BCUT2D eigenvalue weighted by atomic mass is 16.4. The highest BCUT2D eigenvalue weighted by molar-refractivity contribution is 6.43. The van der Waals surface area contributed by atoms with Crippen molar-refractivity contribution in [3.05, 3.63) is 35.9 Å². The Hall–Kier alpha value is -1.37. The van der Waals surface area contributed by atoms with E-state index in [0.717, 1.165) is 19.4 Å². The van der Waals surface area contributed by atoms with Gasteiger partial charge in [-0.3, -0.25) is 4.79 Å². The fraction of sp³-hybridized carbons (Fsp3) is 0.533. The van der Waals surface area contributed by atoms with Gasteiger partial charge >= 0.3 is 7.12 Å². The Labute approximate surface area is 125 Å². The molecule has 5 nitrogen and oxygen atoms in total. The third kappa shape index (κ3) is 2.97. The molecule has 0 aromatic heterocycles. The predicted octanol–water partition coefficient (Wildman–Crippen LogP) is 0.135. The Morgan fingerprint density at radius 2 is 2.05 bits per heavy atom. The first-order chi connectivity index (χ1) is 10.2. The highest BCUT2D eigenvalue weighted by Crippen LogP contribution is 2.28. The Morgan fingerprint density at radius 1 is 1.29 bits per heavy atom. The molecule has 2 unspecified atom stereocenters. The van der Waals surface area contributed by atoms with Gasteiger partial charge in [-0.1, -0.05) is 30.3 Å². The van der Waals surface area contributed by atoms with Gasteiger partial charge in [-0.25, -0.2) is 0 Å². The second kappa shape index (κ2) is 6.18. The molecule has 1 aromatic carbocycles. The summed E-state index contributed by atoms with van der Waals surface area (Å²) in [5.74, 6) is -0.0978. The lowest BCUT2D eigenvalue weighted by Crippen LogP contribution is -2.51. The van der Waals surface area contributed by atoms with Gasteiger partial charge in [0.25, 0.3) is 0 Å². The predicted molar refractivity (Wildman–Crippen MR) is 80.5 cm³/mol. The number of amides is 1. The zero-order valence-electron chi connectivity index (χ0n) is 12.0. The zero-order chi connectivity index (χ0) is 14.8. The number of hydrogen-bond donors (Lipinski definition) is 3. The number of hydrogen-bond acceptors (Lipinski definition) is 4. The van der Waals surface area contributed by atoms with Gasteiger partial charge in [0.05, 0.1) is 12.0 Å². The van der Waals surface area contributed by atoms with Crippen molar-refractivity contribution in [1.29, 1.82) is 0 Å². The number of nitrogens with zero attached hydrogens (tertiary/aromatic N) is 1. The van der Waals surface area contributed by atoms with E-state index in [1.807, 2.05) is 18.2 Å². The van der Waals surface area contributed by atoms with Crippen LogP contribution in [-0.4, -0.2) is 53.0 Å². The number of carbonyl (C=O) groups is 1. The van der Waals surface area contributed by atoms with E-state index in [9.17, 15) is 14.8 Å². The Kier molecular flexibility index (Phi) is 4.28. The lowest BCUT2D eigenvalue weighted by Gasteiger charge is -2.26. The summed E-state index contributed by atoms with van der Waals surface area (Å²) >= 11 is 0. The lowest BCUT2D eigenvalue weighted by molar-refractivity contribution is -0.133. The van der Waals surface area contributed by atoms with Crippen molar-refractivity contribution in [2.45, 2.75) is 37.2 Å². The molecule has 2 heterocycles. The van der Waals surface area contributed by atoms with Crippen LogP contribution in [0.15, 0.2) is 30.3 Å². The van der Waals surface area contributed by atoms with Crippen molar-refractivity contribution in [2.24, 2.45) is 0 Å². The molecule has 2 aliphatic heterocycles. The van der Waals surface area contributed by atoms with E-state index in [2.05, 4.69) is 17.4 Å². The molecule has 0 radical (unpaired) electrons. The number of rotatable bonds is 3. The number of benzene rings is 1. The van der Waals surface area contributed by atoms with Gasteiger partial charge in [0.2, 0.25) is 5.91 Å². The van der Waals surface area contributed by atoms with Crippen LogP contribution in [0.25, 0.3) is 0 Å². The number of carbonyl (C=O) groups excluding carboxylic acids is 1. The molecule has 3 atom stereocenters. The Morgan fingerprint density at radius 3 is 2.76 bits per heavy atom. The van der Waals surface area contributed by atoms with E-state index in [-0.39, 0.29) is 11.9 Å². The van der Waals surface area contributed by atoms with Gasteiger partial charge in [0, 0.05) is 13.1 Å². The first-order valence-corrected chi connectivity index (χ1v) is 7.62. The molecule has 0 bridgehead atoms. The molecule has 2 fully saturated rings. The SMILES string of the molecule is O=C(C1C[C@@H](c2ccccc2)CN1)N1CCCC1B(O)O. The molecule has 1 aromatic rings. The summed E-state index contributed by atoms with van der Waals surface area (Å²) in [6.45, 7) is 1.41. The van der Waals surface area contributed by atoms with Crippen LogP contribution in [0, 0.1) is 0 Å². The Balaban J connectivity index is 1.65. The summed E-state index contributed by atoms with van der Waals surface area (Å²) in [6, 6.07) is 10.00. The molecule has 3 rings (SSSR count). The smallest absolute Gasteiger partial charge is 0.426 e. The molecule has 6 heteroatoms. The summed E-state index contributed by atoms with van der Waals surface area (Å²) in [5.41, 5.74) is 1.25. The second-order valence-electron chi connectivity index (χ2n) is 5.96. The zero-order valence-corrected chi connectivity index (χ0v) is 12.0. The van der Waals surface area contributed by atoms with Crippen molar-refractivity contribution in [1.82, 2.24) is 10.2 Å². The molecule has 21 heavy (non-hydrogen) atoms. The summed E-state index contributed by atoms with van der Waals surface area (Å²) in [7, 11) is -1.44. The largest absolute Gasteiger partial charge is 0.475 e. The maximum Gasteiger partial charge on any atom is 0.475 e. The average molecular weight is 288 g/mol. The van der Waals surface area contributed by atoms with Crippen LogP contribution in [0.3, 0.4) is 0 Å². The van der Waals surface area contributed by atoms with Crippen LogP contribution in [-0.2, 0) is 4.79 Å². The van der Waals surface area contributed by atoms with Gasteiger partial charge in [-0.05, 0) is 30.7 Å². The first kappa shape index (κ1) is 14.6. The Bertz CT molecular complexity index is 497. The van der Waals surface area contributed by atoms with E-state index in [1.165, 1.54) is 5.56 Å². The minimum absolute atomic E-state index is 0.00373. The van der Waals surface area contributed by atoms with Crippen molar-refractivity contribution in [3.8, 4) is 0 Å². The minimum atomic E-state index is -1.44. The highest BCUT2D eigenvalue weighted by Gasteiger charge is 2.41. The van der Waals surface area contributed by atoms with Crippen molar-refractivity contribution < 1.29 is 14.8 Å². The molecule has 0 saturated carbocycles. The van der Waals surface area contributed by atoms with E-state index in [4.69, 9.17) is 0 Å². The van der Waals surface area contributed by atoms with Crippen LogP contribution in [0.1, 0.15) is 30.7 Å². The molecule has 2 aliphatic rings. The van der Waals surface area contributed by atoms with Gasteiger partial charge in [-0.2, -0.15) is 0 Å². The van der Waals surface area contributed by atoms with Crippen molar-refractivity contribution in [2.75, 3.05) is 13.1 Å². The maximum atomic E-state index is 12.6. The molecule has 112 valence electrons. The van der Waals surface area contributed by atoms with Crippen LogP contribution in [0.4, 0.5) is 0 Å². The minimum Gasteiger partial charge on any atom is -0.426 e. The van der Waals surface area contributed by atoms with Gasteiger partial charge in [0.15, 0.2) is 0 Å². The molecular formula is C15H21BN2O3. The van der Waals surface area contributed by atoms with Crippen LogP contribution >= 0.6 is 0 Å². The standard InChI is InChI=1S/C15H21BN2O3/c19-15(18-8-4-7-14(18)16(20)21)13-9-12(10-17-13)11-5-2-1-3-6-11/h1-3,5-6,12-14,17,20-21H,4,7-10H2/t12-,13?,14?/m1/s1. The molecule has 1 amide bonds. The van der Waals surface area contributed by atoms with Gasteiger partial charge in [0.1, 0.15) is 0 Å². The van der Waals surface area contributed by atoms with Crippen molar-refractivity contribution in [3.63, 3.8) is 0 Å². The van der Waals surface area contributed by atoms with E-state index < -0.39 is 13.1 Å². The third-order valence-corrected chi connectivity index (χ3v) is 4.63. The quantitative estimate of drug-likeness (QED) is 0.692. The number of nitrogens with one attached hydrogen (secondary N) is 1. The van der Waals surface area contributed by atoms with Crippen molar-refractivity contribution >= 4 is 13.0 Å². The van der Waals surface area contributed by atoms with Crippen LogP contribution in [0.2, 0.25) is 0 Å². The third-order valence-electron chi connectivity index (χ3n) is 4.63. The van der Waals surface area contributed by atoms with Gasteiger partial charge < -0.3 is 20.3 Å². The summed E-state index contributed by atoms with van der Waals surface area (Å²) in [6.07, 6.45) is 2.27. The maximum absolute atomic E-state index is 12.6. The lowest BCUT2D eigenvalue weighted by atomic mass is 9.77. The van der Waals surface area contributed by atoms with Crippen LogP contribution in [0.5, 0.6) is 0 Å². The normalized spacial score (nSPS) is 28.9. The topological polar surface area (TPSA) is 72.8 Å². The molecular weight excluding hydrogens is 267 g/mol. The van der Waals surface area contributed by atoms with E-state index in [1.54, 1.807) is 4.90 Å². The molecule has 2 saturated heterocycles. The number of likely N-dealkylation sites (tertiary alicyclic amines) is 1. The molecule has 0 aliphatic carbocycles. The summed E-state index contributed by atoms with van der Waals surface area (Å²) in [5, 5.41) is 22.1. The van der Waals surface area contributed by atoms with E-state index >= 15 is 0 Å². The second-order valence-corrected chi connectivity index (χ2v) is 5.96. The van der Waals surface area contributed by atoms with E-state index in [0.29, 0.717) is 18.9 Å². The molecule has 3 N–H and O–H groups in total. The monoisotopic (exact) mass is 288 g/mol.